The van der Waals surface area contributed by atoms with E-state index >= 15 is 0 Å². The van der Waals surface area contributed by atoms with Crippen molar-refractivity contribution in [2.24, 2.45) is 4.99 Å². The van der Waals surface area contributed by atoms with Crippen LogP contribution in [-0.2, 0) is 0 Å². The highest BCUT2D eigenvalue weighted by molar-refractivity contribution is 5.79. The quantitative estimate of drug-likeness (QED) is 0.626. The maximum Gasteiger partial charge on any atom is 0.191 e. The Morgan fingerprint density at radius 3 is 2.70 bits per heavy atom. The van der Waals surface area contributed by atoms with Crippen LogP contribution in [0.5, 0.6) is 0 Å². The molecule has 1 aromatic rings. The average molecular weight is 316 g/mol. The molecule has 4 nitrogen and oxygen atoms in total. The van der Waals surface area contributed by atoms with Crippen LogP contribution in [0, 0.1) is 6.92 Å². The number of guanidine groups is 1. The Kier molecular flexibility index (Phi) is 6.90. The minimum atomic E-state index is 0.466. The number of benzene rings is 1. The van der Waals surface area contributed by atoms with Crippen LogP contribution in [-0.4, -0.2) is 50.1 Å². The second-order valence-corrected chi connectivity index (χ2v) is 6.57. The van der Waals surface area contributed by atoms with Gasteiger partial charge in [-0.15, -0.1) is 0 Å². The third-order valence-corrected chi connectivity index (χ3v) is 4.86. The van der Waals surface area contributed by atoms with Gasteiger partial charge >= 0.3 is 0 Å². The van der Waals surface area contributed by atoms with Crippen LogP contribution in [0.25, 0.3) is 0 Å². The molecule has 1 heterocycles. The summed E-state index contributed by atoms with van der Waals surface area (Å²) in [5.74, 6) is 1.37. The van der Waals surface area contributed by atoms with Crippen LogP contribution in [0.4, 0.5) is 0 Å². The summed E-state index contributed by atoms with van der Waals surface area (Å²) in [5, 5.41) is 6.95. The van der Waals surface area contributed by atoms with Crippen molar-refractivity contribution >= 4 is 5.96 Å². The van der Waals surface area contributed by atoms with Crippen LogP contribution in [0.1, 0.15) is 43.7 Å². The molecular weight excluding hydrogens is 284 g/mol. The molecule has 0 aliphatic carbocycles. The molecule has 0 aromatic heterocycles. The zero-order valence-electron chi connectivity index (χ0n) is 15.1. The lowest BCUT2D eigenvalue weighted by molar-refractivity contribution is 0.267. The number of aliphatic imine (C=N–C) groups is 1. The van der Waals surface area contributed by atoms with Gasteiger partial charge in [0.1, 0.15) is 0 Å². The number of hydrogen-bond donors (Lipinski definition) is 2. The van der Waals surface area contributed by atoms with Gasteiger partial charge in [-0.05, 0) is 44.3 Å². The fourth-order valence-electron chi connectivity index (χ4n) is 3.24. The fraction of sp³-hybridized carbons (Fsp3) is 0.632. The van der Waals surface area contributed by atoms with E-state index in [1.807, 2.05) is 7.05 Å². The molecule has 2 N–H and O–H groups in total. The average Bonchev–Trinajstić information content (AvgIpc) is 3.03. The van der Waals surface area contributed by atoms with Crippen molar-refractivity contribution in [3.63, 3.8) is 0 Å². The summed E-state index contributed by atoms with van der Waals surface area (Å²) in [6.45, 7) is 10.9. The Hall–Kier alpha value is -1.55. The molecule has 0 spiro atoms. The third-order valence-electron chi connectivity index (χ3n) is 4.86. The van der Waals surface area contributed by atoms with E-state index in [9.17, 15) is 0 Å². The van der Waals surface area contributed by atoms with Crippen molar-refractivity contribution in [1.29, 1.82) is 0 Å². The molecule has 1 aromatic carbocycles. The smallest absolute Gasteiger partial charge is 0.191 e. The molecule has 1 fully saturated rings. The van der Waals surface area contributed by atoms with Gasteiger partial charge in [-0.3, -0.25) is 9.89 Å². The number of hydrogen-bond acceptors (Lipinski definition) is 2. The molecule has 2 rings (SSSR count). The van der Waals surface area contributed by atoms with Gasteiger partial charge in [0.25, 0.3) is 0 Å². The van der Waals surface area contributed by atoms with Crippen LogP contribution >= 0.6 is 0 Å². The molecule has 0 bridgehead atoms. The minimum Gasteiger partial charge on any atom is -0.356 e. The minimum absolute atomic E-state index is 0.466. The summed E-state index contributed by atoms with van der Waals surface area (Å²) in [7, 11) is 1.85. The largest absolute Gasteiger partial charge is 0.356 e. The molecule has 1 saturated heterocycles. The highest BCUT2D eigenvalue weighted by Gasteiger charge is 2.22. The maximum absolute atomic E-state index is 4.36. The summed E-state index contributed by atoms with van der Waals surface area (Å²) in [6.07, 6.45) is 2.61. The molecule has 1 aliphatic heterocycles. The predicted molar refractivity (Wildman–Crippen MR) is 99.2 cm³/mol. The van der Waals surface area contributed by atoms with Gasteiger partial charge in [0.05, 0.1) is 0 Å². The summed E-state index contributed by atoms with van der Waals surface area (Å²) >= 11 is 0. The van der Waals surface area contributed by atoms with Crippen LogP contribution < -0.4 is 10.6 Å². The lowest BCUT2D eigenvalue weighted by atomic mass is 10.0. The van der Waals surface area contributed by atoms with Gasteiger partial charge in [-0.1, -0.05) is 43.7 Å². The second kappa shape index (κ2) is 8.92. The first-order chi connectivity index (χ1) is 11.1. The number of likely N-dealkylation sites (tertiary alicyclic amines) is 1. The predicted octanol–water partition coefficient (Wildman–Crippen LogP) is 2.75. The fourth-order valence-corrected chi connectivity index (χ4v) is 3.24. The van der Waals surface area contributed by atoms with E-state index in [1.165, 1.54) is 30.5 Å². The molecule has 128 valence electrons. The molecule has 2 atom stereocenters. The second-order valence-electron chi connectivity index (χ2n) is 6.57. The molecule has 2 unspecified atom stereocenters. The summed E-state index contributed by atoms with van der Waals surface area (Å²) in [6, 6.07) is 9.44. The van der Waals surface area contributed by atoms with Crippen molar-refractivity contribution in [1.82, 2.24) is 15.5 Å². The van der Waals surface area contributed by atoms with Crippen molar-refractivity contribution in [3.8, 4) is 0 Å². The first-order valence-corrected chi connectivity index (χ1v) is 8.89. The molecule has 0 saturated carbocycles. The van der Waals surface area contributed by atoms with E-state index in [0.29, 0.717) is 12.0 Å². The lowest BCUT2D eigenvalue weighted by Gasteiger charge is -2.24. The van der Waals surface area contributed by atoms with Gasteiger partial charge in [0.15, 0.2) is 5.96 Å². The normalized spacial score (nSPS) is 20.5. The molecule has 23 heavy (non-hydrogen) atoms. The van der Waals surface area contributed by atoms with Gasteiger partial charge < -0.3 is 10.6 Å². The summed E-state index contributed by atoms with van der Waals surface area (Å²) < 4.78 is 0. The Bertz CT molecular complexity index is 495. The zero-order valence-corrected chi connectivity index (χ0v) is 15.1. The number of likely N-dealkylation sites (N-methyl/N-ethyl adjacent to an activating group) is 1. The summed E-state index contributed by atoms with van der Waals surface area (Å²) in [4.78, 5) is 6.91. The standard InChI is InChI=1S/C19H32N4/c1-5-23-12-6-7-18(23)14-22-19(20-4)21-13-16(3)17-10-8-15(2)9-11-17/h8-11,16,18H,5-7,12-14H2,1-4H3,(H2,20,21,22). The van der Waals surface area contributed by atoms with Gasteiger partial charge in [-0.25, -0.2) is 0 Å². The number of aryl methyl sites for hydroxylation is 1. The third kappa shape index (κ3) is 5.24. The summed E-state index contributed by atoms with van der Waals surface area (Å²) in [5.41, 5.74) is 2.68. The van der Waals surface area contributed by atoms with Crippen LogP contribution in [0.2, 0.25) is 0 Å². The van der Waals surface area contributed by atoms with E-state index in [4.69, 9.17) is 0 Å². The van der Waals surface area contributed by atoms with Gasteiger partial charge in [-0.2, -0.15) is 0 Å². The molecule has 0 amide bonds. The Morgan fingerprint density at radius 2 is 2.04 bits per heavy atom. The molecule has 4 heteroatoms. The SMILES string of the molecule is CCN1CCCC1CNC(=NC)NCC(C)c1ccc(C)cc1. The number of rotatable bonds is 6. The Morgan fingerprint density at radius 1 is 1.30 bits per heavy atom. The molecule has 0 radical (unpaired) electrons. The zero-order chi connectivity index (χ0) is 16.7. The Balaban J connectivity index is 1.77. The van der Waals surface area contributed by atoms with Crippen LogP contribution in [0.3, 0.4) is 0 Å². The molecule has 1 aliphatic rings. The van der Waals surface area contributed by atoms with Gasteiger partial charge in [0.2, 0.25) is 0 Å². The first-order valence-electron chi connectivity index (χ1n) is 8.89. The van der Waals surface area contributed by atoms with Crippen molar-refractivity contribution in [2.75, 3.05) is 33.2 Å². The van der Waals surface area contributed by atoms with E-state index in [2.05, 4.69) is 65.6 Å². The number of nitrogens with one attached hydrogen (secondary N) is 2. The van der Waals surface area contributed by atoms with E-state index in [0.717, 1.165) is 25.6 Å². The van der Waals surface area contributed by atoms with E-state index in [-0.39, 0.29) is 0 Å². The number of nitrogens with zero attached hydrogens (tertiary/aromatic N) is 2. The topological polar surface area (TPSA) is 39.7 Å². The van der Waals surface area contributed by atoms with Crippen LogP contribution in [0.15, 0.2) is 29.3 Å². The lowest BCUT2D eigenvalue weighted by Crippen LogP contribution is -2.45. The van der Waals surface area contributed by atoms with Crippen molar-refractivity contribution < 1.29 is 0 Å². The highest BCUT2D eigenvalue weighted by Crippen LogP contribution is 2.16. The van der Waals surface area contributed by atoms with E-state index in [1.54, 1.807) is 0 Å². The maximum atomic E-state index is 4.36. The first kappa shape index (κ1) is 17.8. The van der Waals surface area contributed by atoms with Crippen molar-refractivity contribution in [3.05, 3.63) is 35.4 Å². The highest BCUT2D eigenvalue weighted by atomic mass is 15.2. The van der Waals surface area contributed by atoms with Crippen molar-refractivity contribution in [2.45, 2.75) is 45.6 Å². The Labute approximate surface area is 141 Å². The molecular formula is C19H32N4. The monoisotopic (exact) mass is 316 g/mol. The van der Waals surface area contributed by atoms with E-state index < -0.39 is 0 Å². The van der Waals surface area contributed by atoms with Gasteiger partial charge in [0, 0.05) is 26.2 Å².